The molecule has 0 aliphatic carbocycles. The van der Waals surface area contributed by atoms with Crippen LogP contribution in [0.25, 0.3) is 0 Å². The number of unbranched alkanes of at least 4 members (excludes halogenated alkanes) is 4. The number of hydrogen-bond donors (Lipinski definition) is 1. The first-order valence-electron chi connectivity index (χ1n) is 7.41. The van der Waals surface area contributed by atoms with Gasteiger partial charge in [0.15, 0.2) is 0 Å². The van der Waals surface area contributed by atoms with E-state index in [0.717, 1.165) is 18.7 Å². The Balaban J connectivity index is 2.55. The van der Waals surface area contributed by atoms with E-state index >= 15 is 0 Å². The van der Waals surface area contributed by atoms with Gasteiger partial charge in [0, 0.05) is 12.4 Å². The molecule has 1 aromatic rings. The Hall–Kier alpha value is -1.16. The van der Waals surface area contributed by atoms with E-state index in [0.29, 0.717) is 5.88 Å². The van der Waals surface area contributed by atoms with Crippen LogP contribution in [0.15, 0.2) is 12.4 Å². The Morgan fingerprint density at radius 2 is 1.84 bits per heavy atom. The van der Waals surface area contributed by atoms with Crippen molar-refractivity contribution < 1.29 is 4.74 Å². The summed E-state index contributed by atoms with van der Waals surface area (Å²) in [4.78, 5) is 8.67. The van der Waals surface area contributed by atoms with Gasteiger partial charge >= 0.3 is 0 Å². The zero-order valence-corrected chi connectivity index (χ0v) is 12.5. The van der Waals surface area contributed by atoms with E-state index in [9.17, 15) is 0 Å². The number of nitrogens with zero attached hydrogens (tertiary/aromatic N) is 2. The summed E-state index contributed by atoms with van der Waals surface area (Å²) in [6.45, 7) is 5.29. The minimum atomic E-state index is 0.246. The summed E-state index contributed by atoms with van der Waals surface area (Å²) >= 11 is 0. The molecule has 1 N–H and O–H groups in total. The van der Waals surface area contributed by atoms with Gasteiger partial charge in [-0.05, 0) is 13.0 Å². The minimum Gasteiger partial charge on any atom is -0.480 e. The number of hydrogen-bond acceptors (Lipinski definition) is 4. The Kier molecular flexibility index (Phi) is 8.14. The normalized spacial score (nSPS) is 12.4. The fourth-order valence-corrected chi connectivity index (χ4v) is 2.27. The van der Waals surface area contributed by atoms with E-state index in [1.54, 1.807) is 19.5 Å². The molecule has 0 aliphatic rings. The Morgan fingerprint density at radius 1 is 1.11 bits per heavy atom. The monoisotopic (exact) mass is 265 g/mol. The number of nitrogens with one attached hydrogen (secondary N) is 1. The maximum absolute atomic E-state index is 5.30. The summed E-state index contributed by atoms with van der Waals surface area (Å²) < 4.78 is 5.30. The van der Waals surface area contributed by atoms with Gasteiger partial charge in [0.05, 0.1) is 13.2 Å². The van der Waals surface area contributed by atoms with E-state index in [-0.39, 0.29) is 6.04 Å². The van der Waals surface area contributed by atoms with Gasteiger partial charge in [-0.25, -0.2) is 4.98 Å². The van der Waals surface area contributed by atoms with Crippen LogP contribution in [0.2, 0.25) is 0 Å². The SMILES string of the molecule is CCCCCCCC(NCC)c1nccnc1OC. The lowest BCUT2D eigenvalue weighted by Crippen LogP contribution is -2.22. The van der Waals surface area contributed by atoms with Gasteiger partial charge in [-0.1, -0.05) is 46.0 Å². The van der Waals surface area contributed by atoms with Crippen molar-refractivity contribution in [3.05, 3.63) is 18.1 Å². The summed E-state index contributed by atoms with van der Waals surface area (Å²) in [5.74, 6) is 0.641. The van der Waals surface area contributed by atoms with E-state index in [1.165, 1.54) is 32.1 Å². The molecule has 1 aromatic heterocycles. The van der Waals surface area contributed by atoms with E-state index in [2.05, 4.69) is 29.1 Å². The lowest BCUT2D eigenvalue weighted by atomic mass is 10.0. The molecule has 0 saturated carbocycles. The van der Waals surface area contributed by atoms with Gasteiger partial charge in [-0.15, -0.1) is 0 Å². The van der Waals surface area contributed by atoms with Crippen molar-refractivity contribution in [2.24, 2.45) is 0 Å². The molecule has 0 radical (unpaired) electrons. The van der Waals surface area contributed by atoms with Crippen LogP contribution >= 0.6 is 0 Å². The van der Waals surface area contributed by atoms with Crippen molar-refractivity contribution in [1.82, 2.24) is 15.3 Å². The lowest BCUT2D eigenvalue weighted by molar-refractivity contribution is 0.371. The van der Waals surface area contributed by atoms with Crippen molar-refractivity contribution in [2.45, 2.75) is 58.4 Å². The number of aromatic nitrogens is 2. The van der Waals surface area contributed by atoms with Crippen molar-refractivity contribution in [2.75, 3.05) is 13.7 Å². The standard InChI is InChI=1S/C15H27N3O/c1-4-6-7-8-9-10-13(16-5-2)14-15(19-3)18-12-11-17-14/h11-13,16H,4-10H2,1-3H3. The van der Waals surface area contributed by atoms with Gasteiger partial charge in [0.1, 0.15) is 5.69 Å². The molecule has 1 heterocycles. The highest BCUT2D eigenvalue weighted by Gasteiger charge is 2.17. The molecule has 1 unspecified atom stereocenters. The van der Waals surface area contributed by atoms with Crippen LogP contribution in [-0.4, -0.2) is 23.6 Å². The highest BCUT2D eigenvalue weighted by Crippen LogP contribution is 2.24. The first kappa shape index (κ1) is 15.9. The maximum Gasteiger partial charge on any atom is 0.236 e. The number of rotatable bonds is 10. The fraction of sp³-hybridized carbons (Fsp3) is 0.733. The summed E-state index contributed by atoms with van der Waals surface area (Å²) in [5.41, 5.74) is 0.933. The van der Waals surface area contributed by atoms with Gasteiger partial charge in [0.2, 0.25) is 5.88 Å². The lowest BCUT2D eigenvalue weighted by Gasteiger charge is -2.18. The second-order valence-corrected chi connectivity index (χ2v) is 4.76. The third kappa shape index (κ3) is 5.55. The molecule has 108 valence electrons. The van der Waals surface area contributed by atoms with Gasteiger partial charge in [-0.2, -0.15) is 0 Å². The molecule has 1 rings (SSSR count). The molecule has 4 heteroatoms. The average molecular weight is 265 g/mol. The van der Waals surface area contributed by atoms with Gasteiger partial charge in [-0.3, -0.25) is 4.98 Å². The smallest absolute Gasteiger partial charge is 0.236 e. The van der Waals surface area contributed by atoms with Crippen LogP contribution in [0, 0.1) is 0 Å². The molecule has 0 aromatic carbocycles. The van der Waals surface area contributed by atoms with Crippen LogP contribution in [-0.2, 0) is 0 Å². The van der Waals surface area contributed by atoms with E-state index in [4.69, 9.17) is 4.74 Å². The summed E-state index contributed by atoms with van der Waals surface area (Å²) in [5, 5.41) is 3.48. The highest BCUT2D eigenvalue weighted by atomic mass is 16.5. The molecule has 0 saturated heterocycles. The molecule has 19 heavy (non-hydrogen) atoms. The summed E-state index contributed by atoms with van der Waals surface area (Å²) in [7, 11) is 1.65. The fourth-order valence-electron chi connectivity index (χ4n) is 2.27. The molecular weight excluding hydrogens is 238 g/mol. The Bertz CT molecular complexity index is 344. The first-order valence-corrected chi connectivity index (χ1v) is 7.41. The zero-order valence-electron chi connectivity index (χ0n) is 12.5. The van der Waals surface area contributed by atoms with Crippen LogP contribution in [0.3, 0.4) is 0 Å². The van der Waals surface area contributed by atoms with Gasteiger partial charge in [0.25, 0.3) is 0 Å². The summed E-state index contributed by atoms with van der Waals surface area (Å²) in [6, 6.07) is 0.246. The largest absolute Gasteiger partial charge is 0.480 e. The van der Waals surface area contributed by atoms with Crippen molar-refractivity contribution in [3.8, 4) is 5.88 Å². The topological polar surface area (TPSA) is 47.0 Å². The Morgan fingerprint density at radius 3 is 2.53 bits per heavy atom. The van der Waals surface area contributed by atoms with Crippen LogP contribution in [0.5, 0.6) is 5.88 Å². The maximum atomic E-state index is 5.30. The van der Waals surface area contributed by atoms with Crippen molar-refractivity contribution in [1.29, 1.82) is 0 Å². The minimum absolute atomic E-state index is 0.246. The van der Waals surface area contributed by atoms with Crippen molar-refractivity contribution >= 4 is 0 Å². The molecule has 0 spiro atoms. The first-order chi connectivity index (χ1) is 9.33. The van der Waals surface area contributed by atoms with Crippen LogP contribution in [0.4, 0.5) is 0 Å². The summed E-state index contributed by atoms with van der Waals surface area (Å²) in [6.07, 6.45) is 11.0. The van der Waals surface area contributed by atoms with Crippen LogP contribution in [0.1, 0.15) is 64.1 Å². The second-order valence-electron chi connectivity index (χ2n) is 4.76. The third-order valence-corrected chi connectivity index (χ3v) is 3.26. The van der Waals surface area contributed by atoms with Crippen molar-refractivity contribution in [3.63, 3.8) is 0 Å². The molecule has 0 fully saturated rings. The van der Waals surface area contributed by atoms with Crippen LogP contribution < -0.4 is 10.1 Å². The molecular formula is C15H27N3O. The molecule has 0 amide bonds. The number of methoxy groups -OCH3 is 1. The van der Waals surface area contributed by atoms with E-state index < -0.39 is 0 Å². The Labute approximate surface area is 117 Å². The van der Waals surface area contributed by atoms with E-state index in [1.807, 2.05) is 0 Å². The van der Waals surface area contributed by atoms with Gasteiger partial charge < -0.3 is 10.1 Å². The quantitative estimate of drug-likeness (QED) is 0.658. The molecule has 4 nitrogen and oxygen atoms in total. The number of ether oxygens (including phenoxy) is 1. The molecule has 0 bridgehead atoms. The average Bonchev–Trinajstić information content (AvgIpc) is 2.46. The predicted octanol–water partition coefficient (Wildman–Crippen LogP) is 3.50. The highest BCUT2D eigenvalue weighted by molar-refractivity contribution is 5.21. The zero-order chi connectivity index (χ0) is 13.9. The second kappa shape index (κ2) is 9.73. The molecule has 1 atom stereocenters. The predicted molar refractivity (Wildman–Crippen MR) is 78.4 cm³/mol. The molecule has 0 aliphatic heterocycles. The third-order valence-electron chi connectivity index (χ3n) is 3.26.